The van der Waals surface area contributed by atoms with Crippen molar-refractivity contribution in [3.05, 3.63) is 46.5 Å². The van der Waals surface area contributed by atoms with Crippen LogP contribution in [-0.2, 0) is 0 Å². The number of rotatable bonds is 28. The molecule has 0 aromatic heterocycles. The maximum absolute atomic E-state index is 12.3. The van der Waals surface area contributed by atoms with Crippen LogP contribution in [0, 0.1) is 0 Å². The van der Waals surface area contributed by atoms with E-state index >= 15 is 0 Å². The van der Waals surface area contributed by atoms with Crippen molar-refractivity contribution in [3.8, 4) is 11.5 Å². The van der Waals surface area contributed by atoms with Crippen molar-refractivity contribution >= 4 is 45.4 Å². The van der Waals surface area contributed by atoms with Gasteiger partial charge in [0.1, 0.15) is 11.5 Å². The molecule has 10 heteroatoms. The predicted octanol–water partition coefficient (Wildman–Crippen LogP) is 11.4. The third kappa shape index (κ3) is 12.4. The second-order valence-electron chi connectivity index (χ2n) is 13.8. The molecule has 0 bridgehead atoms. The Kier molecular flexibility index (Phi) is 18.3. The molecule has 3 rings (SSSR count). The van der Waals surface area contributed by atoms with Gasteiger partial charge in [-0.05, 0) is 37.1 Å². The molecular formula is C42H58O10. The number of aromatic carboxylic acids is 4. The molecule has 0 heterocycles. The Morgan fingerprint density at radius 1 is 0.385 bits per heavy atom. The van der Waals surface area contributed by atoms with Gasteiger partial charge in [0, 0.05) is 21.5 Å². The lowest BCUT2D eigenvalue weighted by Crippen LogP contribution is -2.11. The number of carboxylic acid groups (broad SMARTS) is 4. The lowest BCUT2D eigenvalue weighted by atomic mass is 9.93. The van der Waals surface area contributed by atoms with Gasteiger partial charge in [0.2, 0.25) is 0 Å². The maximum atomic E-state index is 12.3. The number of unbranched alkanes of at least 4 members (excludes halogenated alkanes) is 18. The quantitative estimate of drug-likeness (QED) is 0.0418. The number of ether oxygens (including phenoxy) is 2. The third-order valence-corrected chi connectivity index (χ3v) is 9.70. The Hall–Kier alpha value is -4.34. The van der Waals surface area contributed by atoms with E-state index in [4.69, 9.17) is 9.47 Å². The van der Waals surface area contributed by atoms with Crippen molar-refractivity contribution in [2.75, 3.05) is 13.2 Å². The highest BCUT2D eigenvalue weighted by atomic mass is 16.5. The fourth-order valence-corrected chi connectivity index (χ4v) is 6.79. The van der Waals surface area contributed by atoms with Gasteiger partial charge in [-0.15, -0.1) is 0 Å². The van der Waals surface area contributed by atoms with Gasteiger partial charge in [0.25, 0.3) is 0 Å². The summed E-state index contributed by atoms with van der Waals surface area (Å²) in [5.74, 6) is -5.46. The molecule has 0 atom stereocenters. The lowest BCUT2D eigenvalue weighted by molar-refractivity contribution is 0.0651. The van der Waals surface area contributed by atoms with Crippen LogP contribution in [0.1, 0.15) is 184 Å². The van der Waals surface area contributed by atoms with E-state index in [9.17, 15) is 39.6 Å². The van der Waals surface area contributed by atoms with Crippen molar-refractivity contribution < 1.29 is 49.1 Å². The highest BCUT2D eigenvalue weighted by molar-refractivity contribution is 6.18. The largest absolute Gasteiger partial charge is 0.492 e. The number of hydrogen-bond donors (Lipinski definition) is 4. The van der Waals surface area contributed by atoms with Crippen LogP contribution in [0.4, 0.5) is 0 Å². The van der Waals surface area contributed by atoms with Gasteiger partial charge in [-0.3, -0.25) is 0 Å². The van der Waals surface area contributed by atoms with Crippen molar-refractivity contribution in [1.82, 2.24) is 0 Å². The lowest BCUT2D eigenvalue weighted by Gasteiger charge is -2.20. The standard InChI is InChI=1S/C42H58O10/c1-3-5-7-9-11-13-15-17-19-21-23-51-37-29-25-33(39(43)44)35(41(47)48)27-31(29)38(52-24-22-20-18-16-14-12-10-8-6-4-2)32-28-36(42(49)50)34(40(45)46)26-30(32)37/h25-28H,3-24H2,1-2H3,(H,43,44)(H,45,46)(H,47,48)(H,49,50). The third-order valence-electron chi connectivity index (χ3n) is 9.70. The van der Waals surface area contributed by atoms with Crippen LogP contribution >= 0.6 is 0 Å². The van der Waals surface area contributed by atoms with Crippen molar-refractivity contribution in [2.45, 2.75) is 142 Å². The van der Waals surface area contributed by atoms with Gasteiger partial charge in [-0.25, -0.2) is 19.2 Å². The molecule has 52 heavy (non-hydrogen) atoms. The first-order valence-corrected chi connectivity index (χ1v) is 19.4. The van der Waals surface area contributed by atoms with Crippen LogP contribution < -0.4 is 9.47 Å². The molecular weight excluding hydrogens is 664 g/mol. The number of carboxylic acids is 4. The van der Waals surface area contributed by atoms with Gasteiger partial charge >= 0.3 is 23.9 Å². The Bertz CT molecular complexity index is 1430. The molecule has 0 amide bonds. The second kappa shape index (κ2) is 22.6. The summed E-state index contributed by atoms with van der Waals surface area (Å²) in [6.45, 7) is 4.89. The monoisotopic (exact) mass is 722 g/mol. The molecule has 10 nitrogen and oxygen atoms in total. The summed E-state index contributed by atoms with van der Waals surface area (Å²) in [6, 6.07) is 4.92. The van der Waals surface area contributed by atoms with E-state index in [-0.39, 0.29) is 46.3 Å². The number of benzene rings is 3. The Morgan fingerprint density at radius 2 is 0.596 bits per heavy atom. The average Bonchev–Trinajstić information content (AvgIpc) is 3.11. The van der Waals surface area contributed by atoms with Crippen LogP contribution in [0.5, 0.6) is 11.5 Å². The minimum atomic E-state index is -1.44. The summed E-state index contributed by atoms with van der Waals surface area (Å²) in [6.07, 6.45) is 22.3. The van der Waals surface area contributed by atoms with E-state index in [2.05, 4.69) is 13.8 Å². The molecule has 0 unspecified atom stereocenters. The molecule has 0 aliphatic carbocycles. The maximum Gasteiger partial charge on any atom is 0.336 e. The Labute approximate surface area is 307 Å². The van der Waals surface area contributed by atoms with Crippen LogP contribution in [-0.4, -0.2) is 57.5 Å². The molecule has 0 radical (unpaired) electrons. The molecule has 0 spiro atoms. The number of hydrogen-bond acceptors (Lipinski definition) is 6. The Morgan fingerprint density at radius 3 is 0.808 bits per heavy atom. The summed E-state index contributed by atoms with van der Waals surface area (Å²) in [7, 11) is 0. The molecule has 286 valence electrons. The molecule has 3 aromatic carbocycles. The molecule has 0 aliphatic heterocycles. The average molecular weight is 723 g/mol. The zero-order valence-electron chi connectivity index (χ0n) is 31.1. The summed E-state index contributed by atoms with van der Waals surface area (Å²) in [4.78, 5) is 49.0. The topological polar surface area (TPSA) is 168 Å². The predicted molar refractivity (Wildman–Crippen MR) is 204 cm³/mol. The van der Waals surface area contributed by atoms with Crippen LogP contribution in [0.3, 0.4) is 0 Å². The first-order chi connectivity index (χ1) is 25.1. The minimum Gasteiger partial charge on any atom is -0.492 e. The van der Waals surface area contributed by atoms with Crippen LogP contribution in [0.25, 0.3) is 21.5 Å². The molecule has 3 aromatic rings. The highest BCUT2D eigenvalue weighted by Gasteiger charge is 2.26. The first kappa shape index (κ1) is 42.1. The Balaban J connectivity index is 1.95. The van der Waals surface area contributed by atoms with E-state index in [1.165, 1.54) is 101 Å². The summed E-state index contributed by atoms with van der Waals surface area (Å²) < 4.78 is 12.6. The smallest absolute Gasteiger partial charge is 0.336 e. The van der Waals surface area contributed by atoms with Crippen molar-refractivity contribution in [2.24, 2.45) is 0 Å². The van der Waals surface area contributed by atoms with Gasteiger partial charge in [0.15, 0.2) is 0 Å². The number of carbonyl (C=O) groups is 4. The van der Waals surface area contributed by atoms with E-state index in [1.807, 2.05) is 0 Å². The summed E-state index contributed by atoms with van der Waals surface area (Å²) in [5.41, 5.74) is -1.82. The van der Waals surface area contributed by atoms with Gasteiger partial charge in [0.05, 0.1) is 35.5 Å². The normalized spacial score (nSPS) is 11.3. The van der Waals surface area contributed by atoms with Crippen LogP contribution in [0.2, 0.25) is 0 Å². The number of fused-ring (bicyclic) bond motifs is 2. The van der Waals surface area contributed by atoms with E-state index < -0.39 is 46.1 Å². The fraction of sp³-hybridized carbons (Fsp3) is 0.571. The molecule has 4 N–H and O–H groups in total. The fourth-order valence-electron chi connectivity index (χ4n) is 6.79. The van der Waals surface area contributed by atoms with E-state index in [1.54, 1.807) is 0 Å². The zero-order chi connectivity index (χ0) is 37.9. The molecule has 0 aliphatic rings. The second-order valence-corrected chi connectivity index (χ2v) is 13.8. The van der Waals surface area contributed by atoms with Crippen molar-refractivity contribution in [3.63, 3.8) is 0 Å². The van der Waals surface area contributed by atoms with Crippen LogP contribution in [0.15, 0.2) is 24.3 Å². The van der Waals surface area contributed by atoms with Crippen molar-refractivity contribution in [1.29, 1.82) is 0 Å². The molecule has 0 fully saturated rings. The minimum absolute atomic E-state index is 0.158. The van der Waals surface area contributed by atoms with Gasteiger partial charge in [-0.1, -0.05) is 129 Å². The molecule has 0 saturated heterocycles. The first-order valence-electron chi connectivity index (χ1n) is 19.4. The summed E-state index contributed by atoms with van der Waals surface area (Å²) >= 11 is 0. The highest BCUT2D eigenvalue weighted by Crippen LogP contribution is 2.45. The van der Waals surface area contributed by atoms with E-state index in [0.717, 1.165) is 38.5 Å². The molecule has 0 saturated carbocycles. The van der Waals surface area contributed by atoms with Gasteiger partial charge < -0.3 is 29.9 Å². The summed E-state index contributed by atoms with van der Waals surface area (Å²) in [5, 5.41) is 40.9. The zero-order valence-corrected chi connectivity index (χ0v) is 31.1. The van der Waals surface area contributed by atoms with Gasteiger partial charge in [-0.2, -0.15) is 0 Å². The van der Waals surface area contributed by atoms with E-state index in [0.29, 0.717) is 12.8 Å². The SMILES string of the molecule is CCCCCCCCCCCCOc1c2cc(C(=O)O)c(C(=O)O)cc2c(OCCCCCCCCCCCC)c2cc(C(=O)O)c(C(=O)O)cc12.